The quantitative estimate of drug-likeness (QED) is 0.927. The van der Waals surface area contributed by atoms with Gasteiger partial charge in [-0.3, -0.25) is 5.32 Å². The minimum absolute atomic E-state index is 0.266. The SMILES string of the molecule is Cc1ccc(COC(=O)Nc2c(C)nsc2C)cc1. The molecule has 0 spiro atoms. The van der Waals surface area contributed by atoms with E-state index < -0.39 is 6.09 Å². The van der Waals surface area contributed by atoms with E-state index in [0.717, 1.165) is 21.8 Å². The first-order valence-corrected chi connectivity index (χ1v) is 6.76. The van der Waals surface area contributed by atoms with Crippen molar-refractivity contribution in [3.8, 4) is 0 Å². The van der Waals surface area contributed by atoms with Crippen LogP contribution in [0, 0.1) is 20.8 Å². The van der Waals surface area contributed by atoms with Crippen LogP contribution in [0.25, 0.3) is 0 Å². The summed E-state index contributed by atoms with van der Waals surface area (Å²) >= 11 is 1.37. The van der Waals surface area contributed by atoms with Gasteiger partial charge < -0.3 is 4.74 Å². The topological polar surface area (TPSA) is 51.2 Å². The van der Waals surface area contributed by atoms with Crippen LogP contribution < -0.4 is 5.32 Å². The van der Waals surface area contributed by atoms with Gasteiger partial charge in [-0.2, -0.15) is 4.37 Å². The van der Waals surface area contributed by atoms with Gasteiger partial charge in [0.1, 0.15) is 6.61 Å². The van der Waals surface area contributed by atoms with Crippen molar-refractivity contribution in [2.24, 2.45) is 0 Å². The second-order valence-corrected chi connectivity index (χ2v) is 5.36. The average molecular weight is 276 g/mol. The Morgan fingerprint density at radius 3 is 2.53 bits per heavy atom. The van der Waals surface area contributed by atoms with Gasteiger partial charge in [-0.25, -0.2) is 4.79 Å². The van der Waals surface area contributed by atoms with Crippen molar-refractivity contribution >= 4 is 23.3 Å². The van der Waals surface area contributed by atoms with Gasteiger partial charge in [0, 0.05) is 4.88 Å². The van der Waals surface area contributed by atoms with Crippen LogP contribution in [0.15, 0.2) is 24.3 Å². The van der Waals surface area contributed by atoms with Crippen molar-refractivity contribution in [2.75, 3.05) is 5.32 Å². The fourth-order valence-corrected chi connectivity index (χ4v) is 2.29. The zero-order valence-corrected chi connectivity index (χ0v) is 12.0. The Kier molecular flexibility index (Phi) is 4.16. The molecular formula is C14H16N2O2S. The molecule has 19 heavy (non-hydrogen) atoms. The normalized spacial score (nSPS) is 10.3. The van der Waals surface area contributed by atoms with Crippen LogP contribution in [0.2, 0.25) is 0 Å². The lowest BCUT2D eigenvalue weighted by molar-refractivity contribution is 0.155. The first-order chi connectivity index (χ1) is 9.06. The summed E-state index contributed by atoms with van der Waals surface area (Å²) in [7, 11) is 0. The molecule has 4 nitrogen and oxygen atoms in total. The van der Waals surface area contributed by atoms with E-state index in [0.29, 0.717) is 0 Å². The average Bonchev–Trinajstić information content (AvgIpc) is 2.70. The van der Waals surface area contributed by atoms with E-state index in [9.17, 15) is 4.79 Å². The number of benzene rings is 1. The molecule has 0 saturated carbocycles. The van der Waals surface area contributed by atoms with Crippen LogP contribution >= 0.6 is 11.5 Å². The molecule has 0 radical (unpaired) electrons. The molecule has 0 bridgehead atoms. The molecule has 0 aliphatic rings. The fourth-order valence-electron chi connectivity index (χ4n) is 1.63. The zero-order valence-electron chi connectivity index (χ0n) is 11.2. The van der Waals surface area contributed by atoms with Gasteiger partial charge in [-0.15, -0.1) is 0 Å². The molecule has 1 N–H and O–H groups in total. The summed E-state index contributed by atoms with van der Waals surface area (Å²) in [5.74, 6) is 0. The van der Waals surface area contributed by atoms with Crippen molar-refractivity contribution in [1.82, 2.24) is 4.37 Å². The summed E-state index contributed by atoms with van der Waals surface area (Å²) in [6, 6.07) is 7.89. The predicted octanol–water partition coefficient (Wildman–Crippen LogP) is 3.82. The summed E-state index contributed by atoms with van der Waals surface area (Å²) in [6.07, 6.45) is -0.452. The molecule has 0 atom stereocenters. The lowest BCUT2D eigenvalue weighted by Crippen LogP contribution is -2.14. The number of hydrogen-bond donors (Lipinski definition) is 1. The number of anilines is 1. The molecule has 0 fully saturated rings. The lowest BCUT2D eigenvalue weighted by atomic mass is 10.2. The number of nitrogens with zero attached hydrogens (tertiary/aromatic N) is 1. The van der Waals surface area contributed by atoms with Gasteiger partial charge in [-0.05, 0) is 37.9 Å². The highest BCUT2D eigenvalue weighted by molar-refractivity contribution is 7.06. The van der Waals surface area contributed by atoms with E-state index in [1.165, 1.54) is 17.1 Å². The van der Waals surface area contributed by atoms with Crippen LogP contribution in [0.5, 0.6) is 0 Å². The molecule has 0 aliphatic carbocycles. The number of nitrogens with one attached hydrogen (secondary N) is 1. The number of carbonyl (C=O) groups is 1. The molecule has 1 aromatic carbocycles. The number of aryl methyl sites for hydroxylation is 3. The van der Waals surface area contributed by atoms with Crippen LogP contribution in [0.3, 0.4) is 0 Å². The predicted molar refractivity (Wildman–Crippen MR) is 76.6 cm³/mol. The van der Waals surface area contributed by atoms with E-state index in [2.05, 4.69) is 9.69 Å². The maximum Gasteiger partial charge on any atom is 0.412 e. The summed E-state index contributed by atoms with van der Waals surface area (Å²) in [5.41, 5.74) is 3.72. The van der Waals surface area contributed by atoms with E-state index in [4.69, 9.17) is 4.74 Å². The highest BCUT2D eigenvalue weighted by Crippen LogP contribution is 2.23. The van der Waals surface area contributed by atoms with E-state index in [-0.39, 0.29) is 6.61 Å². The van der Waals surface area contributed by atoms with E-state index in [1.54, 1.807) is 0 Å². The zero-order chi connectivity index (χ0) is 13.8. The fraction of sp³-hybridized carbons (Fsp3) is 0.286. The molecule has 1 amide bonds. The highest BCUT2D eigenvalue weighted by atomic mass is 32.1. The number of ether oxygens (including phenoxy) is 1. The third-order valence-corrected chi connectivity index (χ3v) is 3.59. The van der Waals surface area contributed by atoms with Crippen LogP contribution in [0.4, 0.5) is 10.5 Å². The first-order valence-electron chi connectivity index (χ1n) is 5.98. The molecule has 1 heterocycles. The molecule has 0 aliphatic heterocycles. The Morgan fingerprint density at radius 2 is 1.95 bits per heavy atom. The molecule has 0 saturated heterocycles. The molecule has 5 heteroatoms. The number of hydrogen-bond acceptors (Lipinski definition) is 4. The van der Waals surface area contributed by atoms with Gasteiger partial charge in [0.25, 0.3) is 0 Å². The minimum Gasteiger partial charge on any atom is -0.444 e. The van der Waals surface area contributed by atoms with Gasteiger partial charge in [-0.1, -0.05) is 29.8 Å². The number of amides is 1. The molecule has 100 valence electrons. The van der Waals surface area contributed by atoms with Gasteiger partial charge in [0.05, 0.1) is 11.4 Å². The molecule has 0 unspecified atom stereocenters. The Labute approximate surface area is 116 Å². The Morgan fingerprint density at radius 1 is 1.26 bits per heavy atom. The van der Waals surface area contributed by atoms with Crippen molar-refractivity contribution in [2.45, 2.75) is 27.4 Å². The van der Waals surface area contributed by atoms with Crippen LogP contribution in [-0.4, -0.2) is 10.5 Å². The van der Waals surface area contributed by atoms with Gasteiger partial charge in [0.15, 0.2) is 0 Å². The maximum atomic E-state index is 11.7. The largest absolute Gasteiger partial charge is 0.444 e. The molecule has 2 rings (SSSR count). The number of rotatable bonds is 3. The van der Waals surface area contributed by atoms with Gasteiger partial charge >= 0.3 is 6.09 Å². The molecule has 2 aromatic rings. The summed E-state index contributed by atoms with van der Waals surface area (Å²) in [6.45, 7) is 6.06. The van der Waals surface area contributed by atoms with Crippen molar-refractivity contribution < 1.29 is 9.53 Å². The Bertz CT molecular complexity index is 556. The second-order valence-electron chi connectivity index (χ2n) is 4.39. The highest BCUT2D eigenvalue weighted by Gasteiger charge is 2.11. The first kappa shape index (κ1) is 13.5. The van der Waals surface area contributed by atoms with E-state index in [1.807, 2.05) is 45.0 Å². The van der Waals surface area contributed by atoms with E-state index >= 15 is 0 Å². The van der Waals surface area contributed by atoms with Crippen molar-refractivity contribution in [1.29, 1.82) is 0 Å². The van der Waals surface area contributed by atoms with Crippen LogP contribution in [-0.2, 0) is 11.3 Å². The second kappa shape index (κ2) is 5.84. The standard InChI is InChI=1S/C14H16N2O2S/c1-9-4-6-12(7-5-9)8-18-14(17)15-13-10(2)16-19-11(13)3/h4-7H,8H2,1-3H3,(H,15,17). The third-order valence-electron chi connectivity index (χ3n) is 2.75. The third kappa shape index (κ3) is 3.54. The van der Waals surface area contributed by atoms with Crippen molar-refractivity contribution in [3.63, 3.8) is 0 Å². The number of carbonyl (C=O) groups excluding carboxylic acids is 1. The number of aromatic nitrogens is 1. The van der Waals surface area contributed by atoms with Gasteiger partial charge in [0.2, 0.25) is 0 Å². The molecule has 1 aromatic heterocycles. The summed E-state index contributed by atoms with van der Waals surface area (Å²) in [4.78, 5) is 12.7. The van der Waals surface area contributed by atoms with Crippen LogP contribution in [0.1, 0.15) is 21.7 Å². The lowest BCUT2D eigenvalue weighted by Gasteiger charge is -2.07. The minimum atomic E-state index is -0.452. The smallest absolute Gasteiger partial charge is 0.412 e. The maximum absolute atomic E-state index is 11.7. The molecular weight excluding hydrogens is 260 g/mol. The Balaban J connectivity index is 1.90. The van der Waals surface area contributed by atoms with Crippen molar-refractivity contribution in [3.05, 3.63) is 46.0 Å². The summed E-state index contributed by atoms with van der Waals surface area (Å²) in [5, 5.41) is 2.73. The Hall–Kier alpha value is -1.88. The summed E-state index contributed by atoms with van der Waals surface area (Å²) < 4.78 is 9.35. The monoisotopic (exact) mass is 276 g/mol.